The van der Waals surface area contributed by atoms with Crippen LogP contribution in [0.2, 0.25) is 0 Å². The number of amides is 1. The molecule has 1 fully saturated rings. The number of nitrogens with zero attached hydrogens (tertiary/aromatic N) is 1. The normalized spacial score (nSPS) is 17.0. The molecule has 2 heterocycles. The molecule has 1 atom stereocenters. The standard InChI is InChI=1S/C16H22N2O6S/c1-3-4-7-12(16(20)21)17-15(19)13-10-14(11(2)24-13)25(22,23)18-8-5-6-9-18/h3-4,10,12H,5-9H2,1-2H3,(H,17,19)(H,20,21)/b4-3+. The zero-order valence-electron chi connectivity index (χ0n) is 14.2. The summed E-state index contributed by atoms with van der Waals surface area (Å²) < 4.78 is 31.8. The van der Waals surface area contributed by atoms with Crippen molar-refractivity contribution in [1.29, 1.82) is 0 Å². The SMILES string of the molecule is C/C=C/CC(NC(=O)c1cc(S(=O)(=O)N2CCCC2)c(C)o1)C(=O)O. The third kappa shape index (κ3) is 4.29. The first-order valence-corrected chi connectivity index (χ1v) is 9.46. The molecule has 9 heteroatoms. The van der Waals surface area contributed by atoms with Gasteiger partial charge in [-0.25, -0.2) is 13.2 Å². The molecule has 0 saturated carbocycles. The molecule has 1 aliphatic rings. The van der Waals surface area contributed by atoms with Crippen LogP contribution in [0.25, 0.3) is 0 Å². The number of sulfonamides is 1. The van der Waals surface area contributed by atoms with Crippen molar-refractivity contribution in [3.8, 4) is 0 Å². The Hall–Kier alpha value is -2.13. The van der Waals surface area contributed by atoms with Gasteiger partial charge < -0.3 is 14.8 Å². The van der Waals surface area contributed by atoms with Gasteiger partial charge in [-0.3, -0.25) is 4.79 Å². The molecule has 1 aliphatic heterocycles. The molecule has 1 aromatic heterocycles. The van der Waals surface area contributed by atoms with Crippen LogP contribution in [0.5, 0.6) is 0 Å². The molecule has 0 radical (unpaired) electrons. The first kappa shape index (κ1) is 19.2. The Labute approximate surface area is 146 Å². The van der Waals surface area contributed by atoms with Crippen LogP contribution in [0.4, 0.5) is 0 Å². The van der Waals surface area contributed by atoms with E-state index >= 15 is 0 Å². The molecule has 2 N–H and O–H groups in total. The number of hydrogen-bond donors (Lipinski definition) is 2. The van der Waals surface area contributed by atoms with Gasteiger partial charge in [0.25, 0.3) is 5.91 Å². The van der Waals surface area contributed by atoms with Gasteiger partial charge in [-0.05, 0) is 33.1 Å². The third-order valence-electron chi connectivity index (χ3n) is 3.99. The fourth-order valence-corrected chi connectivity index (χ4v) is 4.30. The lowest BCUT2D eigenvalue weighted by Gasteiger charge is -2.14. The Morgan fingerprint density at radius 1 is 1.40 bits per heavy atom. The van der Waals surface area contributed by atoms with Gasteiger partial charge in [-0.15, -0.1) is 0 Å². The minimum Gasteiger partial charge on any atom is -0.480 e. The predicted molar refractivity (Wildman–Crippen MR) is 89.8 cm³/mol. The summed E-state index contributed by atoms with van der Waals surface area (Å²) in [4.78, 5) is 23.4. The van der Waals surface area contributed by atoms with Crippen molar-refractivity contribution in [3.63, 3.8) is 0 Å². The van der Waals surface area contributed by atoms with Gasteiger partial charge >= 0.3 is 5.97 Å². The maximum absolute atomic E-state index is 12.6. The Morgan fingerprint density at radius 3 is 2.60 bits per heavy atom. The Bertz CT molecular complexity index is 775. The fourth-order valence-electron chi connectivity index (χ4n) is 2.62. The van der Waals surface area contributed by atoms with Crippen LogP contribution in [0.3, 0.4) is 0 Å². The molecule has 8 nitrogen and oxygen atoms in total. The fraction of sp³-hybridized carbons (Fsp3) is 0.500. The third-order valence-corrected chi connectivity index (χ3v) is 6.00. The number of hydrogen-bond acceptors (Lipinski definition) is 5. The molecule has 0 aromatic carbocycles. The second-order valence-corrected chi connectivity index (χ2v) is 7.72. The predicted octanol–water partition coefficient (Wildman–Crippen LogP) is 1.52. The maximum Gasteiger partial charge on any atom is 0.326 e. The van der Waals surface area contributed by atoms with E-state index in [1.54, 1.807) is 19.1 Å². The topological polar surface area (TPSA) is 117 Å². The highest BCUT2D eigenvalue weighted by Gasteiger charge is 2.32. The Kier molecular flexibility index (Phi) is 6.02. The quantitative estimate of drug-likeness (QED) is 0.703. The van der Waals surface area contributed by atoms with Crippen LogP contribution in [0, 0.1) is 6.92 Å². The minimum atomic E-state index is -3.71. The zero-order valence-corrected chi connectivity index (χ0v) is 15.0. The lowest BCUT2D eigenvalue weighted by molar-refractivity contribution is -0.139. The highest BCUT2D eigenvalue weighted by molar-refractivity contribution is 7.89. The van der Waals surface area contributed by atoms with E-state index in [1.165, 1.54) is 11.2 Å². The van der Waals surface area contributed by atoms with Crippen molar-refractivity contribution < 1.29 is 27.5 Å². The van der Waals surface area contributed by atoms with E-state index in [0.717, 1.165) is 18.9 Å². The summed E-state index contributed by atoms with van der Waals surface area (Å²) in [5.74, 6) is -2.05. The number of carbonyl (C=O) groups excluding carboxylic acids is 1. The van der Waals surface area contributed by atoms with Crippen LogP contribution < -0.4 is 5.32 Å². The molecule has 25 heavy (non-hydrogen) atoms. The number of aliphatic carboxylic acids is 1. The summed E-state index contributed by atoms with van der Waals surface area (Å²) in [5.41, 5.74) is 0. The van der Waals surface area contributed by atoms with Crippen molar-refractivity contribution in [2.45, 2.75) is 44.0 Å². The van der Waals surface area contributed by atoms with Crippen LogP contribution in [-0.4, -0.2) is 48.8 Å². The number of carboxylic acid groups (broad SMARTS) is 1. The highest BCUT2D eigenvalue weighted by atomic mass is 32.2. The highest BCUT2D eigenvalue weighted by Crippen LogP contribution is 2.26. The summed E-state index contributed by atoms with van der Waals surface area (Å²) in [6.45, 7) is 4.10. The molecule has 138 valence electrons. The molecule has 1 saturated heterocycles. The molecule has 1 unspecified atom stereocenters. The lowest BCUT2D eigenvalue weighted by Crippen LogP contribution is -2.40. The van der Waals surface area contributed by atoms with Crippen molar-refractivity contribution in [1.82, 2.24) is 9.62 Å². The van der Waals surface area contributed by atoms with E-state index in [0.29, 0.717) is 13.1 Å². The summed E-state index contributed by atoms with van der Waals surface area (Å²) in [6, 6.07) is 0.0418. The molecular weight excluding hydrogens is 348 g/mol. The molecular formula is C16H22N2O6S. The van der Waals surface area contributed by atoms with E-state index in [2.05, 4.69) is 5.32 Å². The number of carbonyl (C=O) groups is 2. The van der Waals surface area contributed by atoms with Crippen LogP contribution in [-0.2, 0) is 14.8 Å². The van der Waals surface area contributed by atoms with E-state index in [1.807, 2.05) is 0 Å². The summed E-state index contributed by atoms with van der Waals surface area (Å²) in [5, 5.41) is 11.5. The molecule has 0 spiro atoms. The van der Waals surface area contributed by atoms with E-state index in [9.17, 15) is 18.0 Å². The van der Waals surface area contributed by atoms with Gasteiger partial charge in [0.1, 0.15) is 16.7 Å². The average molecular weight is 370 g/mol. The van der Waals surface area contributed by atoms with Gasteiger partial charge in [-0.2, -0.15) is 4.31 Å². The van der Waals surface area contributed by atoms with E-state index in [4.69, 9.17) is 9.52 Å². The van der Waals surface area contributed by atoms with Crippen molar-refractivity contribution >= 4 is 21.9 Å². The zero-order chi connectivity index (χ0) is 18.6. The molecule has 2 rings (SSSR count). The van der Waals surface area contributed by atoms with Gasteiger partial charge in [0, 0.05) is 19.2 Å². The number of aryl methyl sites for hydroxylation is 1. The number of carboxylic acids is 1. The van der Waals surface area contributed by atoms with Gasteiger partial charge in [0.15, 0.2) is 5.76 Å². The molecule has 0 aliphatic carbocycles. The average Bonchev–Trinajstić information content (AvgIpc) is 3.20. The second kappa shape index (κ2) is 7.83. The lowest BCUT2D eigenvalue weighted by atomic mass is 10.2. The largest absolute Gasteiger partial charge is 0.480 e. The number of furan rings is 1. The van der Waals surface area contributed by atoms with Crippen LogP contribution >= 0.6 is 0 Å². The number of rotatable bonds is 7. The monoisotopic (exact) mass is 370 g/mol. The van der Waals surface area contributed by atoms with Crippen LogP contribution in [0.1, 0.15) is 42.5 Å². The van der Waals surface area contributed by atoms with E-state index < -0.39 is 27.9 Å². The van der Waals surface area contributed by atoms with Crippen molar-refractivity contribution in [2.75, 3.05) is 13.1 Å². The summed E-state index contributed by atoms with van der Waals surface area (Å²) in [6.07, 6.45) is 5.02. The van der Waals surface area contributed by atoms with Gasteiger partial charge in [0.05, 0.1) is 0 Å². The first-order valence-electron chi connectivity index (χ1n) is 8.02. The number of allylic oxidation sites excluding steroid dienone is 1. The molecule has 0 bridgehead atoms. The van der Waals surface area contributed by atoms with Crippen molar-refractivity contribution in [3.05, 3.63) is 29.7 Å². The molecule has 1 amide bonds. The van der Waals surface area contributed by atoms with Crippen LogP contribution in [0.15, 0.2) is 27.5 Å². The summed E-state index contributed by atoms with van der Waals surface area (Å²) in [7, 11) is -3.71. The minimum absolute atomic E-state index is 0.0557. The molecule has 1 aromatic rings. The Morgan fingerprint density at radius 2 is 2.04 bits per heavy atom. The van der Waals surface area contributed by atoms with E-state index in [-0.39, 0.29) is 22.8 Å². The van der Waals surface area contributed by atoms with Gasteiger partial charge in [0.2, 0.25) is 10.0 Å². The van der Waals surface area contributed by atoms with Gasteiger partial charge in [-0.1, -0.05) is 12.2 Å². The maximum atomic E-state index is 12.6. The van der Waals surface area contributed by atoms with Crippen molar-refractivity contribution in [2.24, 2.45) is 0 Å². The smallest absolute Gasteiger partial charge is 0.326 e. The second-order valence-electron chi connectivity index (χ2n) is 5.81. The Balaban J connectivity index is 2.20. The first-order chi connectivity index (χ1) is 11.8. The summed E-state index contributed by atoms with van der Waals surface area (Å²) >= 11 is 0. The number of nitrogens with one attached hydrogen (secondary N) is 1.